The highest BCUT2D eigenvalue weighted by Crippen LogP contribution is 2.14. The van der Waals surface area contributed by atoms with E-state index in [0.29, 0.717) is 6.10 Å². The molecule has 1 aliphatic heterocycles. The van der Waals surface area contributed by atoms with E-state index in [-0.39, 0.29) is 0 Å². The molecule has 4 heteroatoms. The average molecular weight is 231 g/mol. The van der Waals surface area contributed by atoms with Crippen LogP contribution in [0.4, 0.5) is 0 Å². The van der Waals surface area contributed by atoms with Gasteiger partial charge in [-0.15, -0.1) is 0 Å². The third kappa shape index (κ3) is 1.87. The second-order valence-corrected chi connectivity index (χ2v) is 3.81. The number of hydrogen-bond donors (Lipinski definition) is 0. The van der Waals surface area contributed by atoms with Crippen LogP contribution >= 0.6 is 15.9 Å². The van der Waals surface area contributed by atoms with Crippen molar-refractivity contribution in [2.45, 2.75) is 25.5 Å². The van der Waals surface area contributed by atoms with Crippen molar-refractivity contribution in [3.05, 3.63) is 16.9 Å². The lowest BCUT2D eigenvalue weighted by Crippen LogP contribution is -2.15. The Bertz CT molecular complexity index is 255. The highest BCUT2D eigenvalue weighted by Gasteiger charge is 2.15. The van der Waals surface area contributed by atoms with Crippen molar-refractivity contribution in [2.75, 3.05) is 6.61 Å². The van der Waals surface area contributed by atoms with Gasteiger partial charge in [-0.05, 0) is 34.8 Å². The van der Waals surface area contributed by atoms with E-state index >= 15 is 0 Å². The molecule has 1 fully saturated rings. The lowest BCUT2D eigenvalue weighted by Gasteiger charge is -2.08. The summed E-state index contributed by atoms with van der Waals surface area (Å²) in [5, 5.41) is 4.23. The number of aromatic nitrogens is 2. The van der Waals surface area contributed by atoms with E-state index in [1.54, 1.807) is 0 Å². The number of ether oxygens (including phenoxy) is 1. The smallest absolute Gasteiger partial charge is 0.128 e. The van der Waals surface area contributed by atoms with Crippen LogP contribution in [0, 0.1) is 0 Å². The highest BCUT2D eigenvalue weighted by atomic mass is 79.9. The fraction of sp³-hybridized carbons (Fsp3) is 0.625. The van der Waals surface area contributed by atoms with Gasteiger partial charge in [-0.2, -0.15) is 5.10 Å². The van der Waals surface area contributed by atoms with Crippen LogP contribution in [0.15, 0.2) is 16.9 Å². The van der Waals surface area contributed by atoms with E-state index < -0.39 is 0 Å². The largest absolute Gasteiger partial charge is 0.376 e. The Balaban J connectivity index is 1.94. The van der Waals surface area contributed by atoms with Crippen LogP contribution in [0.1, 0.15) is 12.8 Å². The fourth-order valence-corrected chi connectivity index (χ4v) is 1.76. The Hall–Kier alpha value is -0.350. The molecule has 1 atom stereocenters. The molecule has 0 aromatic carbocycles. The zero-order valence-corrected chi connectivity index (χ0v) is 8.33. The molecule has 0 spiro atoms. The van der Waals surface area contributed by atoms with Crippen molar-refractivity contribution in [2.24, 2.45) is 0 Å². The molecule has 1 aromatic rings. The van der Waals surface area contributed by atoms with Gasteiger partial charge < -0.3 is 4.74 Å². The molecule has 2 heterocycles. The van der Waals surface area contributed by atoms with Crippen LogP contribution < -0.4 is 0 Å². The van der Waals surface area contributed by atoms with Crippen LogP contribution in [-0.2, 0) is 11.3 Å². The number of rotatable bonds is 2. The van der Waals surface area contributed by atoms with E-state index in [1.807, 2.05) is 16.9 Å². The minimum Gasteiger partial charge on any atom is -0.376 e. The Morgan fingerprint density at radius 1 is 1.75 bits per heavy atom. The monoisotopic (exact) mass is 230 g/mol. The first-order valence-electron chi connectivity index (χ1n) is 4.15. The van der Waals surface area contributed by atoms with Gasteiger partial charge in [0, 0.05) is 12.8 Å². The summed E-state index contributed by atoms with van der Waals surface area (Å²) in [6, 6.07) is 1.94. The first kappa shape index (κ1) is 8.26. The van der Waals surface area contributed by atoms with E-state index in [1.165, 1.54) is 6.42 Å². The lowest BCUT2D eigenvalue weighted by molar-refractivity contribution is 0.0939. The summed E-state index contributed by atoms with van der Waals surface area (Å²) in [7, 11) is 0. The molecule has 0 amide bonds. The maximum absolute atomic E-state index is 5.49. The van der Waals surface area contributed by atoms with Crippen LogP contribution in [-0.4, -0.2) is 22.5 Å². The summed E-state index contributed by atoms with van der Waals surface area (Å²) in [6.07, 6.45) is 4.69. The predicted octanol–water partition coefficient (Wildman–Crippen LogP) is 1.82. The summed E-state index contributed by atoms with van der Waals surface area (Å²) < 4.78 is 8.30. The van der Waals surface area contributed by atoms with Crippen LogP contribution in [0.2, 0.25) is 0 Å². The average Bonchev–Trinajstić information content (AvgIpc) is 2.63. The summed E-state index contributed by atoms with van der Waals surface area (Å²) in [5.41, 5.74) is 0. The Morgan fingerprint density at radius 3 is 3.25 bits per heavy atom. The summed E-state index contributed by atoms with van der Waals surface area (Å²) in [6.45, 7) is 1.79. The third-order valence-electron chi connectivity index (χ3n) is 2.02. The Morgan fingerprint density at radius 2 is 2.67 bits per heavy atom. The van der Waals surface area contributed by atoms with Gasteiger partial charge >= 0.3 is 0 Å². The van der Waals surface area contributed by atoms with Gasteiger partial charge in [-0.25, -0.2) is 0 Å². The number of halogens is 1. The van der Waals surface area contributed by atoms with Crippen LogP contribution in [0.5, 0.6) is 0 Å². The van der Waals surface area contributed by atoms with Crippen molar-refractivity contribution < 1.29 is 4.74 Å². The molecule has 0 radical (unpaired) electrons. The minimum atomic E-state index is 0.372. The highest BCUT2D eigenvalue weighted by molar-refractivity contribution is 9.10. The summed E-state index contributed by atoms with van der Waals surface area (Å²) >= 11 is 3.31. The fourth-order valence-electron chi connectivity index (χ4n) is 1.44. The summed E-state index contributed by atoms with van der Waals surface area (Å²) in [5.74, 6) is 0. The normalized spacial score (nSPS) is 23.2. The molecule has 1 aromatic heterocycles. The topological polar surface area (TPSA) is 27.1 Å². The van der Waals surface area contributed by atoms with E-state index in [2.05, 4.69) is 21.0 Å². The molecule has 0 aliphatic carbocycles. The predicted molar refractivity (Wildman–Crippen MR) is 48.9 cm³/mol. The molecule has 0 unspecified atom stereocenters. The molecule has 1 saturated heterocycles. The Labute approximate surface area is 79.8 Å². The maximum Gasteiger partial charge on any atom is 0.128 e. The molecule has 3 nitrogen and oxygen atoms in total. The number of nitrogens with zero attached hydrogens (tertiary/aromatic N) is 2. The van der Waals surface area contributed by atoms with Crippen molar-refractivity contribution in [1.82, 2.24) is 9.78 Å². The van der Waals surface area contributed by atoms with Crippen LogP contribution in [0.25, 0.3) is 0 Å². The van der Waals surface area contributed by atoms with Crippen molar-refractivity contribution in [1.29, 1.82) is 0 Å². The first-order valence-corrected chi connectivity index (χ1v) is 4.94. The second-order valence-electron chi connectivity index (χ2n) is 3.00. The Kier molecular flexibility index (Phi) is 2.46. The van der Waals surface area contributed by atoms with E-state index in [0.717, 1.165) is 24.2 Å². The SMILES string of the molecule is Brc1ccn(C[C@H]2CCCO2)n1. The minimum absolute atomic E-state index is 0.372. The van der Waals surface area contributed by atoms with Crippen LogP contribution in [0.3, 0.4) is 0 Å². The van der Waals surface area contributed by atoms with Gasteiger partial charge in [0.2, 0.25) is 0 Å². The van der Waals surface area contributed by atoms with Gasteiger partial charge in [-0.1, -0.05) is 0 Å². The molecule has 66 valence electrons. The van der Waals surface area contributed by atoms with Gasteiger partial charge in [0.25, 0.3) is 0 Å². The second kappa shape index (κ2) is 3.58. The maximum atomic E-state index is 5.49. The molecular weight excluding hydrogens is 220 g/mol. The van der Waals surface area contributed by atoms with Crippen molar-refractivity contribution in [3.63, 3.8) is 0 Å². The van der Waals surface area contributed by atoms with Crippen molar-refractivity contribution >= 4 is 15.9 Å². The molecule has 2 rings (SSSR count). The van der Waals surface area contributed by atoms with Crippen molar-refractivity contribution in [3.8, 4) is 0 Å². The van der Waals surface area contributed by atoms with E-state index in [4.69, 9.17) is 4.74 Å². The third-order valence-corrected chi connectivity index (χ3v) is 2.45. The van der Waals surface area contributed by atoms with Gasteiger partial charge in [0.05, 0.1) is 12.6 Å². The van der Waals surface area contributed by atoms with Gasteiger partial charge in [0.15, 0.2) is 0 Å². The van der Waals surface area contributed by atoms with Gasteiger partial charge in [0.1, 0.15) is 4.60 Å². The van der Waals surface area contributed by atoms with E-state index in [9.17, 15) is 0 Å². The molecule has 12 heavy (non-hydrogen) atoms. The molecule has 1 aliphatic rings. The zero-order chi connectivity index (χ0) is 8.39. The standard InChI is InChI=1S/C8H11BrN2O/c9-8-3-4-11(10-8)6-7-2-1-5-12-7/h3-4,7H,1-2,5-6H2/t7-/m1/s1. The lowest BCUT2D eigenvalue weighted by atomic mass is 10.2. The first-order chi connectivity index (χ1) is 5.84. The molecular formula is C8H11BrN2O. The number of hydrogen-bond acceptors (Lipinski definition) is 2. The quantitative estimate of drug-likeness (QED) is 0.776. The molecule has 0 bridgehead atoms. The molecule has 0 N–H and O–H groups in total. The molecule has 0 saturated carbocycles. The summed E-state index contributed by atoms with van der Waals surface area (Å²) in [4.78, 5) is 0. The zero-order valence-electron chi connectivity index (χ0n) is 6.74. The van der Waals surface area contributed by atoms with Gasteiger partial charge in [-0.3, -0.25) is 4.68 Å².